The van der Waals surface area contributed by atoms with Gasteiger partial charge in [-0.05, 0) is 54.8 Å². The Morgan fingerprint density at radius 2 is 1.62 bits per heavy atom. The van der Waals surface area contributed by atoms with Gasteiger partial charge in [0.2, 0.25) is 0 Å². The topological polar surface area (TPSA) is 75.9 Å². The quantitative estimate of drug-likeness (QED) is 0.155. The van der Waals surface area contributed by atoms with Crippen LogP contribution >= 0.6 is 23.4 Å². The van der Waals surface area contributed by atoms with E-state index in [0.29, 0.717) is 27.1 Å². The zero-order valence-electron chi connectivity index (χ0n) is 20.3. The maximum atomic E-state index is 13.3. The summed E-state index contributed by atoms with van der Waals surface area (Å²) in [5.74, 6) is 0.516. The third-order valence-corrected chi connectivity index (χ3v) is 7.49. The molecule has 3 aromatic heterocycles. The molecule has 3 heterocycles. The second kappa shape index (κ2) is 10.1. The van der Waals surface area contributed by atoms with Gasteiger partial charge in [-0.25, -0.2) is 4.98 Å². The number of hydrogen-bond donors (Lipinski definition) is 2. The molecule has 0 aliphatic rings. The molecule has 0 aliphatic carbocycles. The van der Waals surface area contributed by atoms with Gasteiger partial charge in [0.25, 0.3) is 5.60 Å². The minimum absolute atomic E-state index is 0.0188. The molecule has 0 bridgehead atoms. The monoisotopic (exact) mass is 597 g/mol. The Morgan fingerprint density at radius 1 is 0.925 bits per heavy atom. The van der Waals surface area contributed by atoms with Crippen LogP contribution in [0.5, 0.6) is 0 Å². The van der Waals surface area contributed by atoms with E-state index in [4.69, 9.17) is 11.6 Å². The van der Waals surface area contributed by atoms with Gasteiger partial charge >= 0.3 is 12.4 Å². The summed E-state index contributed by atoms with van der Waals surface area (Å²) in [5, 5.41) is 18.0. The van der Waals surface area contributed by atoms with Crippen molar-refractivity contribution in [3.05, 3.63) is 72.1 Å². The minimum atomic E-state index is -5.99. The van der Waals surface area contributed by atoms with Crippen LogP contribution in [0.4, 0.5) is 37.8 Å². The molecule has 2 N–H and O–H groups in total. The van der Waals surface area contributed by atoms with E-state index in [9.17, 15) is 31.4 Å². The number of anilines is 2. The van der Waals surface area contributed by atoms with Crippen LogP contribution in [0, 0.1) is 0 Å². The van der Waals surface area contributed by atoms with Gasteiger partial charge in [-0.15, -0.1) is 11.8 Å². The maximum Gasteiger partial charge on any atom is 0.428 e. The van der Waals surface area contributed by atoms with Crippen LogP contribution in [0.3, 0.4) is 0 Å². The van der Waals surface area contributed by atoms with Gasteiger partial charge in [-0.1, -0.05) is 11.6 Å². The van der Waals surface area contributed by atoms with E-state index in [2.05, 4.69) is 20.4 Å². The lowest BCUT2D eigenvalue weighted by Gasteiger charge is -2.32. The van der Waals surface area contributed by atoms with Crippen molar-refractivity contribution in [3.8, 4) is 11.3 Å². The number of alkyl halides is 6. The first-order chi connectivity index (χ1) is 18.8. The lowest BCUT2D eigenvalue weighted by molar-refractivity contribution is -0.372. The Labute approximate surface area is 232 Å². The first-order valence-corrected chi connectivity index (χ1v) is 13.1. The molecule has 6 nitrogen and oxygen atoms in total. The van der Waals surface area contributed by atoms with E-state index in [1.54, 1.807) is 30.1 Å². The second-order valence-corrected chi connectivity index (χ2v) is 10.1. The van der Waals surface area contributed by atoms with Gasteiger partial charge < -0.3 is 10.4 Å². The first kappa shape index (κ1) is 28.0. The van der Waals surface area contributed by atoms with E-state index >= 15 is 0 Å². The number of aliphatic hydroxyl groups is 1. The molecule has 0 aliphatic heterocycles. The van der Waals surface area contributed by atoms with Gasteiger partial charge in [-0.2, -0.15) is 31.4 Å². The molecule has 0 saturated heterocycles. The molecule has 0 fully saturated rings. The van der Waals surface area contributed by atoms with Crippen LogP contribution in [0.15, 0.2) is 72.0 Å². The molecular formula is C26H18ClF6N5OS. The van der Waals surface area contributed by atoms with Crippen LogP contribution in [-0.2, 0) is 6.54 Å². The molecule has 0 saturated carbocycles. The molecule has 40 heavy (non-hydrogen) atoms. The fourth-order valence-corrected chi connectivity index (χ4v) is 4.86. The van der Waals surface area contributed by atoms with Crippen LogP contribution in [0.1, 0.15) is 0 Å². The lowest BCUT2D eigenvalue weighted by atomic mass is 10.0. The standard InChI is InChI=1S/C26H18ClF6N5OS/c1-40-16-4-2-15(3-5-16)37-21-10-18-14(11-35-21)8-9-34-23(18)17-6-7-20-19(22(17)27)12-36-38(20)13-24(39,25(28,29)30)26(31,32)33/h2-12,39H,13H2,1H3,(H,35,37). The summed E-state index contributed by atoms with van der Waals surface area (Å²) < 4.78 is 79.9. The predicted octanol–water partition coefficient (Wildman–Crippen LogP) is 7.62. The average Bonchev–Trinajstić information content (AvgIpc) is 3.31. The third kappa shape index (κ3) is 4.93. The Hall–Kier alpha value is -3.55. The van der Waals surface area contributed by atoms with Crippen molar-refractivity contribution in [1.29, 1.82) is 0 Å². The number of hydrogen-bond acceptors (Lipinski definition) is 6. The van der Waals surface area contributed by atoms with Crippen molar-refractivity contribution in [3.63, 3.8) is 0 Å². The van der Waals surface area contributed by atoms with E-state index in [0.717, 1.165) is 22.2 Å². The van der Waals surface area contributed by atoms with Crippen LogP contribution in [-0.4, -0.2) is 49.1 Å². The molecule has 2 aromatic carbocycles. The summed E-state index contributed by atoms with van der Waals surface area (Å²) in [5.41, 5.74) is -3.53. The normalized spacial score (nSPS) is 12.8. The van der Waals surface area contributed by atoms with Crippen molar-refractivity contribution in [2.75, 3.05) is 11.6 Å². The smallest absolute Gasteiger partial charge is 0.372 e. The predicted molar refractivity (Wildman–Crippen MR) is 142 cm³/mol. The van der Waals surface area contributed by atoms with Gasteiger partial charge in [0.1, 0.15) is 5.82 Å². The number of halogens is 7. The van der Waals surface area contributed by atoms with Crippen molar-refractivity contribution in [2.24, 2.45) is 0 Å². The molecule has 0 spiro atoms. The number of pyridine rings is 2. The highest BCUT2D eigenvalue weighted by atomic mass is 35.5. The number of nitrogens with zero attached hydrogens (tertiary/aromatic N) is 4. The molecule has 208 valence electrons. The van der Waals surface area contributed by atoms with Crippen LogP contribution < -0.4 is 5.32 Å². The number of rotatable bonds is 6. The van der Waals surface area contributed by atoms with Crippen molar-refractivity contribution >= 4 is 56.5 Å². The van der Waals surface area contributed by atoms with E-state index in [-0.39, 0.29) is 15.9 Å². The zero-order chi connectivity index (χ0) is 28.9. The summed E-state index contributed by atoms with van der Waals surface area (Å²) in [4.78, 5) is 9.97. The van der Waals surface area contributed by atoms with E-state index in [1.807, 2.05) is 30.5 Å². The SMILES string of the molecule is CSc1ccc(Nc2cc3c(-c4ccc5c(cnn5CC(O)(C(F)(F)F)C(F)(F)F)c4Cl)nccc3cn2)cc1. The molecule has 0 radical (unpaired) electrons. The molecule has 0 unspecified atom stereocenters. The highest BCUT2D eigenvalue weighted by molar-refractivity contribution is 7.98. The summed E-state index contributed by atoms with van der Waals surface area (Å²) in [7, 11) is 0. The molecule has 14 heteroatoms. The maximum absolute atomic E-state index is 13.3. The van der Waals surface area contributed by atoms with Gasteiger partial charge in [-0.3, -0.25) is 9.67 Å². The highest BCUT2D eigenvalue weighted by Crippen LogP contribution is 2.45. The Morgan fingerprint density at radius 3 is 2.27 bits per heavy atom. The zero-order valence-corrected chi connectivity index (χ0v) is 21.9. The molecule has 5 rings (SSSR count). The van der Waals surface area contributed by atoms with Crippen LogP contribution in [0.25, 0.3) is 32.9 Å². The first-order valence-electron chi connectivity index (χ1n) is 11.5. The fraction of sp³-hybridized carbons (Fsp3) is 0.192. The Kier molecular flexibility index (Phi) is 7.09. The van der Waals surface area contributed by atoms with Crippen LogP contribution in [0.2, 0.25) is 5.02 Å². The van der Waals surface area contributed by atoms with Crippen molar-refractivity contribution in [2.45, 2.75) is 29.4 Å². The number of fused-ring (bicyclic) bond motifs is 2. The van der Waals surface area contributed by atoms with Crippen molar-refractivity contribution < 1.29 is 31.4 Å². The molecule has 5 aromatic rings. The summed E-state index contributed by atoms with van der Waals surface area (Å²) in [6.45, 7) is -1.90. The summed E-state index contributed by atoms with van der Waals surface area (Å²) in [6, 6.07) is 13.9. The van der Waals surface area contributed by atoms with Crippen molar-refractivity contribution in [1.82, 2.24) is 19.7 Å². The molecule has 0 atom stereocenters. The fourth-order valence-electron chi connectivity index (χ4n) is 4.16. The number of benzene rings is 2. The van der Waals surface area contributed by atoms with Gasteiger partial charge in [0.15, 0.2) is 0 Å². The molecular weight excluding hydrogens is 580 g/mol. The highest BCUT2D eigenvalue weighted by Gasteiger charge is 2.70. The summed E-state index contributed by atoms with van der Waals surface area (Å²) in [6.07, 6.45) is -5.79. The Balaban J connectivity index is 1.55. The number of thioether (sulfide) groups is 1. The molecule has 0 amide bonds. The average molecular weight is 598 g/mol. The largest absolute Gasteiger partial charge is 0.428 e. The number of aromatic nitrogens is 4. The van der Waals surface area contributed by atoms with E-state index < -0.39 is 24.5 Å². The van der Waals surface area contributed by atoms with Gasteiger partial charge in [0, 0.05) is 44.7 Å². The van der Waals surface area contributed by atoms with Gasteiger partial charge in [0.05, 0.1) is 29.0 Å². The van der Waals surface area contributed by atoms with E-state index in [1.165, 1.54) is 18.3 Å². The lowest BCUT2D eigenvalue weighted by Crippen LogP contribution is -2.59. The summed E-state index contributed by atoms with van der Waals surface area (Å²) >= 11 is 8.22. The Bertz CT molecular complexity index is 1690. The number of nitrogens with one attached hydrogen (secondary N) is 1. The minimum Gasteiger partial charge on any atom is -0.372 e. The second-order valence-electron chi connectivity index (χ2n) is 8.82. The third-order valence-electron chi connectivity index (χ3n) is 6.34.